The standard InChI is InChI=1S/C22H20N4O2/c1-15-9-10-23-20(12-15)25-22(27)17-5-7-19(8-6-17)28-14-18-13-26-11-3-4-16(2)21(26)24-18/h3-13H,14H2,1-2H3,(H,23,25,27). The highest BCUT2D eigenvalue weighted by molar-refractivity contribution is 6.03. The van der Waals surface area contributed by atoms with E-state index >= 15 is 0 Å². The fourth-order valence-corrected chi connectivity index (χ4v) is 2.93. The number of hydrogen-bond acceptors (Lipinski definition) is 4. The maximum Gasteiger partial charge on any atom is 0.256 e. The van der Waals surface area contributed by atoms with Gasteiger partial charge in [0.1, 0.15) is 23.8 Å². The molecule has 0 unspecified atom stereocenters. The largest absolute Gasteiger partial charge is 0.487 e. The van der Waals surface area contributed by atoms with E-state index < -0.39 is 0 Å². The van der Waals surface area contributed by atoms with Crippen molar-refractivity contribution in [3.05, 3.63) is 89.5 Å². The average Bonchev–Trinajstić information content (AvgIpc) is 3.11. The van der Waals surface area contributed by atoms with E-state index in [4.69, 9.17) is 4.74 Å². The van der Waals surface area contributed by atoms with Crippen LogP contribution in [0.3, 0.4) is 0 Å². The normalized spacial score (nSPS) is 10.8. The van der Waals surface area contributed by atoms with Crippen molar-refractivity contribution in [3.8, 4) is 5.75 Å². The third-order valence-corrected chi connectivity index (χ3v) is 4.39. The summed E-state index contributed by atoms with van der Waals surface area (Å²) in [6.07, 6.45) is 5.59. The van der Waals surface area contributed by atoms with Crippen LogP contribution < -0.4 is 10.1 Å². The number of carbonyl (C=O) groups is 1. The number of fused-ring (bicyclic) bond motifs is 1. The number of ether oxygens (including phenoxy) is 1. The van der Waals surface area contributed by atoms with Gasteiger partial charge in [0, 0.05) is 24.2 Å². The van der Waals surface area contributed by atoms with Crippen molar-refractivity contribution >= 4 is 17.4 Å². The number of rotatable bonds is 5. The highest BCUT2D eigenvalue weighted by Gasteiger charge is 2.08. The van der Waals surface area contributed by atoms with Crippen molar-refractivity contribution in [3.63, 3.8) is 0 Å². The van der Waals surface area contributed by atoms with Gasteiger partial charge < -0.3 is 14.5 Å². The smallest absolute Gasteiger partial charge is 0.256 e. The van der Waals surface area contributed by atoms with Gasteiger partial charge in [-0.05, 0) is 67.4 Å². The highest BCUT2D eigenvalue weighted by atomic mass is 16.5. The lowest BCUT2D eigenvalue weighted by atomic mass is 10.2. The molecule has 0 saturated heterocycles. The predicted molar refractivity (Wildman–Crippen MR) is 108 cm³/mol. The van der Waals surface area contributed by atoms with Gasteiger partial charge in [0.05, 0.1) is 5.69 Å². The van der Waals surface area contributed by atoms with Crippen molar-refractivity contribution in [1.29, 1.82) is 0 Å². The Hall–Kier alpha value is -3.67. The van der Waals surface area contributed by atoms with Crippen molar-refractivity contribution in [1.82, 2.24) is 14.4 Å². The summed E-state index contributed by atoms with van der Waals surface area (Å²) in [5.41, 5.74) is 4.47. The van der Waals surface area contributed by atoms with E-state index in [0.29, 0.717) is 23.7 Å². The van der Waals surface area contributed by atoms with Crippen molar-refractivity contribution in [2.45, 2.75) is 20.5 Å². The molecule has 6 nitrogen and oxygen atoms in total. The number of imidazole rings is 1. The van der Waals surface area contributed by atoms with Crippen LogP contribution in [0, 0.1) is 13.8 Å². The van der Waals surface area contributed by atoms with E-state index in [1.807, 2.05) is 54.9 Å². The van der Waals surface area contributed by atoms with Gasteiger partial charge in [-0.15, -0.1) is 0 Å². The van der Waals surface area contributed by atoms with Gasteiger partial charge in [0.15, 0.2) is 0 Å². The number of nitrogens with zero attached hydrogens (tertiary/aromatic N) is 3. The average molecular weight is 372 g/mol. The molecule has 0 aliphatic heterocycles. The SMILES string of the molecule is Cc1ccnc(NC(=O)c2ccc(OCc3cn4cccc(C)c4n3)cc2)c1. The zero-order chi connectivity index (χ0) is 19.5. The monoisotopic (exact) mass is 372 g/mol. The van der Waals surface area contributed by atoms with Crippen LogP contribution in [0.5, 0.6) is 5.75 Å². The van der Waals surface area contributed by atoms with E-state index in [0.717, 1.165) is 22.5 Å². The Labute approximate surface area is 162 Å². The van der Waals surface area contributed by atoms with Crippen LogP contribution in [0.15, 0.2) is 67.1 Å². The summed E-state index contributed by atoms with van der Waals surface area (Å²) >= 11 is 0. The van der Waals surface area contributed by atoms with E-state index in [9.17, 15) is 4.79 Å². The second kappa shape index (κ2) is 7.52. The highest BCUT2D eigenvalue weighted by Crippen LogP contribution is 2.16. The zero-order valence-electron chi connectivity index (χ0n) is 15.7. The van der Waals surface area contributed by atoms with Gasteiger partial charge in [0.2, 0.25) is 0 Å². The van der Waals surface area contributed by atoms with E-state index in [2.05, 4.69) is 15.3 Å². The number of benzene rings is 1. The molecule has 4 rings (SSSR count). The van der Waals surface area contributed by atoms with E-state index in [1.165, 1.54) is 0 Å². The fourth-order valence-electron chi connectivity index (χ4n) is 2.93. The van der Waals surface area contributed by atoms with E-state index in [-0.39, 0.29) is 5.91 Å². The first-order valence-electron chi connectivity index (χ1n) is 8.98. The molecular formula is C22H20N4O2. The summed E-state index contributed by atoms with van der Waals surface area (Å²) in [5, 5.41) is 2.79. The number of nitrogens with one attached hydrogen (secondary N) is 1. The Kier molecular flexibility index (Phi) is 4.76. The van der Waals surface area contributed by atoms with Crippen molar-refractivity contribution in [2.24, 2.45) is 0 Å². The molecule has 4 aromatic rings. The number of carbonyl (C=O) groups excluding carboxylic acids is 1. The Bertz CT molecular complexity index is 1130. The van der Waals surface area contributed by atoms with Gasteiger partial charge in [-0.1, -0.05) is 6.07 Å². The molecule has 6 heteroatoms. The van der Waals surface area contributed by atoms with E-state index in [1.54, 1.807) is 30.5 Å². The molecule has 0 atom stereocenters. The number of pyridine rings is 2. The Morgan fingerprint density at radius 3 is 2.71 bits per heavy atom. The van der Waals surface area contributed by atoms with Crippen molar-refractivity contribution < 1.29 is 9.53 Å². The summed E-state index contributed by atoms with van der Waals surface area (Å²) in [6, 6.07) is 14.7. The second-order valence-corrected chi connectivity index (χ2v) is 6.64. The first kappa shape index (κ1) is 17.7. The molecule has 0 fully saturated rings. The quantitative estimate of drug-likeness (QED) is 0.571. The van der Waals surface area contributed by atoms with Gasteiger partial charge in [-0.3, -0.25) is 4.79 Å². The number of anilines is 1. The maximum absolute atomic E-state index is 12.3. The molecule has 140 valence electrons. The molecule has 0 aliphatic carbocycles. The zero-order valence-corrected chi connectivity index (χ0v) is 15.7. The van der Waals surface area contributed by atoms with Gasteiger partial charge in [0.25, 0.3) is 5.91 Å². The van der Waals surface area contributed by atoms with Crippen LogP contribution >= 0.6 is 0 Å². The molecule has 3 aromatic heterocycles. The minimum atomic E-state index is -0.208. The number of aryl methyl sites for hydroxylation is 2. The summed E-state index contributed by atoms with van der Waals surface area (Å²) in [4.78, 5) is 21.1. The maximum atomic E-state index is 12.3. The first-order valence-corrected chi connectivity index (χ1v) is 8.98. The molecule has 1 N–H and O–H groups in total. The van der Waals surface area contributed by atoms with Crippen LogP contribution in [0.1, 0.15) is 27.2 Å². The van der Waals surface area contributed by atoms with Crippen LogP contribution in [0.2, 0.25) is 0 Å². The molecule has 0 bridgehead atoms. The third kappa shape index (κ3) is 3.86. The lowest BCUT2D eigenvalue weighted by Gasteiger charge is -2.07. The second-order valence-electron chi connectivity index (χ2n) is 6.64. The lowest BCUT2D eigenvalue weighted by Crippen LogP contribution is -2.12. The molecular weight excluding hydrogens is 352 g/mol. The third-order valence-electron chi connectivity index (χ3n) is 4.39. The Morgan fingerprint density at radius 2 is 1.96 bits per heavy atom. The molecule has 0 spiro atoms. The predicted octanol–water partition coefficient (Wildman–Crippen LogP) is 4.18. The van der Waals surface area contributed by atoms with Gasteiger partial charge in [-0.2, -0.15) is 0 Å². The van der Waals surface area contributed by atoms with Crippen molar-refractivity contribution in [2.75, 3.05) is 5.32 Å². The molecule has 1 aromatic carbocycles. The minimum absolute atomic E-state index is 0.208. The Balaban J connectivity index is 1.40. The molecule has 3 heterocycles. The van der Waals surface area contributed by atoms with Gasteiger partial charge in [-0.25, -0.2) is 9.97 Å². The van der Waals surface area contributed by atoms with Crippen LogP contribution in [-0.2, 0) is 6.61 Å². The molecule has 0 radical (unpaired) electrons. The number of hydrogen-bond donors (Lipinski definition) is 1. The van der Waals surface area contributed by atoms with Gasteiger partial charge >= 0.3 is 0 Å². The molecule has 1 amide bonds. The summed E-state index contributed by atoms with van der Waals surface area (Å²) < 4.78 is 7.80. The summed E-state index contributed by atoms with van der Waals surface area (Å²) in [7, 11) is 0. The topological polar surface area (TPSA) is 68.5 Å². The molecule has 0 saturated carbocycles. The minimum Gasteiger partial charge on any atom is -0.487 e. The molecule has 0 aliphatic rings. The molecule has 28 heavy (non-hydrogen) atoms. The number of amides is 1. The fraction of sp³-hybridized carbons (Fsp3) is 0.136. The Morgan fingerprint density at radius 1 is 1.14 bits per heavy atom. The van der Waals surface area contributed by atoms with Crippen LogP contribution in [0.4, 0.5) is 5.82 Å². The van der Waals surface area contributed by atoms with Crippen LogP contribution in [-0.4, -0.2) is 20.3 Å². The summed E-state index contributed by atoms with van der Waals surface area (Å²) in [5.74, 6) is 1.01. The lowest BCUT2D eigenvalue weighted by molar-refractivity contribution is 0.102. The first-order chi connectivity index (χ1) is 13.6. The van der Waals surface area contributed by atoms with Crippen LogP contribution in [0.25, 0.3) is 5.65 Å². The summed E-state index contributed by atoms with van der Waals surface area (Å²) in [6.45, 7) is 4.34. The number of aromatic nitrogens is 3.